The van der Waals surface area contributed by atoms with Crippen LogP contribution in [0.1, 0.15) is 71.6 Å². The molecule has 4 heteroatoms. The molecule has 4 saturated carbocycles. The van der Waals surface area contributed by atoms with Crippen molar-refractivity contribution in [3.63, 3.8) is 0 Å². The molecule has 0 radical (unpaired) electrons. The lowest BCUT2D eigenvalue weighted by Crippen LogP contribution is -2.65. The second kappa shape index (κ2) is 5.68. The van der Waals surface area contributed by atoms with E-state index < -0.39 is 11.0 Å². The van der Waals surface area contributed by atoms with Gasteiger partial charge in [0.15, 0.2) is 0 Å². The van der Waals surface area contributed by atoms with E-state index in [2.05, 4.69) is 6.92 Å². The number of carbonyl (C=O) groups excluding carboxylic acids is 2. The zero-order chi connectivity index (χ0) is 19.0. The zero-order valence-electron chi connectivity index (χ0n) is 16.6. The van der Waals surface area contributed by atoms with Crippen molar-refractivity contribution >= 4 is 11.8 Å². The van der Waals surface area contributed by atoms with Gasteiger partial charge < -0.3 is 9.84 Å². The Morgan fingerprint density at radius 2 is 1.85 bits per heavy atom. The lowest BCUT2D eigenvalue weighted by molar-refractivity contribution is -0.202. The second-order valence-corrected chi connectivity index (χ2v) is 10.4. The SMILES string of the molecule is C[C@]12CCCC[C@H]1CC[C@@H]1[C@@H]2CC(=O)[C@]2(C)[C@@H](C3=CC(=O)OC3)CC[C@]12O. The standard InChI is InChI=1S/C23H32O4/c1-21-9-4-3-5-15(21)6-7-17-18(21)12-19(24)22(2)16(8-10-23(17,22)26)14-11-20(25)27-13-14/h11,15-18,26H,3-10,12-13H2,1-2H3/t15-,16+,17+,18-,21-,22-,23-/m0/s1. The molecular weight excluding hydrogens is 340 g/mol. The van der Waals surface area contributed by atoms with Crippen LogP contribution in [0.2, 0.25) is 0 Å². The van der Waals surface area contributed by atoms with E-state index in [0.717, 1.165) is 18.4 Å². The summed E-state index contributed by atoms with van der Waals surface area (Å²) >= 11 is 0. The fourth-order valence-corrected chi connectivity index (χ4v) is 8.16. The summed E-state index contributed by atoms with van der Waals surface area (Å²) in [5.74, 6) is 1.11. The highest BCUT2D eigenvalue weighted by molar-refractivity contribution is 5.90. The predicted molar refractivity (Wildman–Crippen MR) is 101 cm³/mol. The molecule has 7 atom stereocenters. The van der Waals surface area contributed by atoms with Crippen LogP contribution in [0.4, 0.5) is 0 Å². The van der Waals surface area contributed by atoms with E-state index in [-0.39, 0.29) is 35.6 Å². The number of ether oxygens (including phenoxy) is 1. The third-order valence-corrected chi connectivity index (χ3v) is 9.75. The molecule has 0 aromatic heterocycles. The van der Waals surface area contributed by atoms with E-state index in [4.69, 9.17) is 4.74 Å². The summed E-state index contributed by atoms with van der Waals surface area (Å²) in [6.45, 7) is 4.68. The molecule has 5 aliphatic rings. The Morgan fingerprint density at radius 1 is 1.04 bits per heavy atom. The summed E-state index contributed by atoms with van der Waals surface area (Å²) in [5.41, 5.74) is -0.582. The molecule has 0 aromatic carbocycles. The average molecular weight is 373 g/mol. The predicted octanol–water partition coefficient (Wildman–Crippen LogP) is 3.81. The zero-order valence-corrected chi connectivity index (χ0v) is 16.6. The number of cyclic esters (lactones) is 1. The normalized spacial score (nSPS) is 51.9. The molecule has 1 heterocycles. The molecule has 0 aromatic rings. The quantitative estimate of drug-likeness (QED) is 0.711. The molecule has 0 unspecified atom stereocenters. The number of esters is 1. The fraction of sp³-hybridized carbons (Fsp3) is 0.826. The van der Waals surface area contributed by atoms with Crippen LogP contribution in [0, 0.1) is 34.5 Å². The van der Waals surface area contributed by atoms with E-state index >= 15 is 0 Å². The number of fused-ring (bicyclic) bond motifs is 5. The molecule has 1 N–H and O–H groups in total. The molecule has 148 valence electrons. The maximum Gasteiger partial charge on any atom is 0.331 e. The number of Topliss-reactive ketones (excluding diaryl/α,β-unsaturated/α-hetero) is 1. The van der Waals surface area contributed by atoms with Gasteiger partial charge in [0.1, 0.15) is 12.4 Å². The highest BCUT2D eigenvalue weighted by atomic mass is 16.5. The monoisotopic (exact) mass is 372 g/mol. The van der Waals surface area contributed by atoms with Gasteiger partial charge in [0.25, 0.3) is 0 Å². The van der Waals surface area contributed by atoms with Crippen LogP contribution in [0.15, 0.2) is 11.6 Å². The Hall–Kier alpha value is -1.16. The number of ketones is 1. The minimum atomic E-state index is -0.935. The van der Waals surface area contributed by atoms with Gasteiger partial charge in [0, 0.05) is 12.5 Å². The van der Waals surface area contributed by atoms with Crippen molar-refractivity contribution in [2.24, 2.45) is 34.5 Å². The molecule has 4 fully saturated rings. The largest absolute Gasteiger partial charge is 0.458 e. The first-order valence-corrected chi connectivity index (χ1v) is 10.9. The van der Waals surface area contributed by atoms with Crippen molar-refractivity contribution in [2.45, 2.75) is 77.2 Å². The van der Waals surface area contributed by atoms with Crippen molar-refractivity contribution < 1.29 is 19.4 Å². The van der Waals surface area contributed by atoms with Crippen LogP contribution in [0.25, 0.3) is 0 Å². The topological polar surface area (TPSA) is 63.6 Å². The van der Waals surface area contributed by atoms with Gasteiger partial charge >= 0.3 is 5.97 Å². The Balaban J connectivity index is 1.54. The summed E-state index contributed by atoms with van der Waals surface area (Å²) in [6.07, 6.45) is 10.9. The van der Waals surface area contributed by atoms with Crippen LogP contribution < -0.4 is 0 Å². The van der Waals surface area contributed by atoms with E-state index in [1.165, 1.54) is 32.1 Å². The Morgan fingerprint density at radius 3 is 2.59 bits per heavy atom. The minimum absolute atomic E-state index is 0.0562. The molecule has 0 amide bonds. The Labute approximate surface area is 161 Å². The first-order valence-electron chi connectivity index (χ1n) is 10.9. The molecule has 27 heavy (non-hydrogen) atoms. The molecule has 0 bridgehead atoms. The van der Waals surface area contributed by atoms with Crippen LogP contribution in [0.3, 0.4) is 0 Å². The van der Waals surface area contributed by atoms with Crippen LogP contribution >= 0.6 is 0 Å². The van der Waals surface area contributed by atoms with E-state index in [1.807, 2.05) is 6.92 Å². The minimum Gasteiger partial charge on any atom is -0.458 e. The van der Waals surface area contributed by atoms with E-state index in [1.54, 1.807) is 6.08 Å². The van der Waals surface area contributed by atoms with Crippen LogP contribution in [0.5, 0.6) is 0 Å². The summed E-state index contributed by atoms with van der Waals surface area (Å²) in [6, 6.07) is 0. The van der Waals surface area contributed by atoms with Crippen molar-refractivity contribution in [2.75, 3.05) is 6.61 Å². The number of carbonyl (C=O) groups is 2. The lowest BCUT2D eigenvalue weighted by atomic mass is 9.43. The molecule has 1 aliphatic heterocycles. The number of aliphatic hydroxyl groups is 1. The van der Waals surface area contributed by atoms with Crippen LogP contribution in [-0.4, -0.2) is 29.1 Å². The molecule has 5 rings (SSSR count). The fourth-order valence-electron chi connectivity index (χ4n) is 8.16. The van der Waals surface area contributed by atoms with Gasteiger partial charge in [0.05, 0.1) is 11.0 Å². The Kier molecular flexibility index (Phi) is 3.77. The maximum absolute atomic E-state index is 13.6. The van der Waals surface area contributed by atoms with Crippen molar-refractivity contribution in [1.82, 2.24) is 0 Å². The van der Waals surface area contributed by atoms with Crippen LogP contribution in [-0.2, 0) is 14.3 Å². The van der Waals surface area contributed by atoms with Gasteiger partial charge in [-0.1, -0.05) is 19.8 Å². The molecule has 0 saturated heterocycles. The molecular formula is C23H32O4. The smallest absolute Gasteiger partial charge is 0.331 e. The number of rotatable bonds is 1. The van der Waals surface area contributed by atoms with Crippen molar-refractivity contribution in [1.29, 1.82) is 0 Å². The van der Waals surface area contributed by atoms with Gasteiger partial charge in [-0.2, -0.15) is 0 Å². The average Bonchev–Trinajstić information content (AvgIpc) is 3.18. The first kappa shape index (κ1) is 17.9. The van der Waals surface area contributed by atoms with Gasteiger partial charge in [-0.05, 0) is 80.1 Å². The van der Waals surface area contributed by atoms with E-state index in [0.29, 0.717) is 24.7 Å². The number of hydrogen-bond acceptors (Lipinski definition) is 4. The summed E-state index contributed by atoms with van der Waals surface area (Å²) in [4.78, 5) is 25.2. The maximum atomic E-state index is 13.6. The van der Waals surface area contributed by atoms with Crippen molar-refractivity contribution in [3.8, 4) is 0 Å². The molecule has 4 nitrogen and oxygen atoms in total. The Bertz CT molecular complexity index is 726. The summed E-state index contributed by atoms with van der Waals surface area (Å²) < 4.78 is 5.14. The third kappa shape index (κ3) is 2.14. The summed E-state index contributed by atoms with van der Waals surface area (Å²) in [7, 11) is 0. The van der Waals surface area contributed by atoms with Gasteiger partial charge in [-0.3, -0.25) is 4.79 Å². The third-order valence-electron chi connectivity index (χ3n) is 9.75. The lowest BCUT2D eigenvalue weighted by Gasteiger charge is -2.62. The highest BCUT2D eigenvalue weighted by Crippen LogP contribution is 2.68. The second-order valence-electron chi connectivity index (χ2n) is 10.4. The molecule has 0 spiro atoms. The van der Waals surface area contributed by atoms with Gasteiger partial charge in [-0.15, -0.1) is 0 Å². The van der Waals surface area contributed by atoms with E-state index in [9.17, 15) is 14.7 Å². The highest BCUT2D eigenvalue weighted by Gasteiger charge is 2.70. The summed E-state index contributed by atoms with van der Waals surface area (Å²) in [5, 5.41) is 12.1. The molecule has 4 aliphatic carbocycles. The van der Waals surface area contributed by atoms with Crippen molar-refractivity contribution in [3.05, 3.63) is 11.6 Å². The van der Waals surface area contributed by atoms with Gasteiger partial charge in [0.2, 0.25) is 0 Å². The van der Waals surface area contributed by atoms with Gasteiger partial charge in [-0.25, -0.2) is 4.79 Å². The number of hydrogen-bond donors (Lipinski definition) is 1. The first-order chi connectivity index (χ1) is 12.8.